The van der Waals surface area contributed by atoms with Crippen LogP contribution < -0.4 is 9.47 Å². The van der Waals surface area contributed by atoms with Crippen LogP contribution in [0.1, 0.15) is 31.4 Å². The summed E-state index contributed by atoms with van der Waals surface area (Å²) in [5.41, 5.74) is 0.431. The number of fused-ring (bicyclic) bond motifs is 1. The molecule has 1 aromatic carbocycles. The fraction of sp³-hybridized carbons (Fsp3) is 0.571. The number of aliphatic hydroxyl groups is 1. The highest BCUT2D eigenvalue weighted by molar-refractivity contribution is 5.44. The third kappa shape index (κ3) is 1.68. The number of hydrogen-bond acceptors (Lipinski definition) is 4. The van der Waals surface area contributed by atoms with Crippen molar-refractivity contribution in [3.05, 3.63) is 23.8 Å². The van der Waals surface area contributed by atoms with Gasteiger partial charge < -0.3 is 19.3 Å². The molecule has 1 spiro atoms. The lowest BCUT2D eigenvalue weighted by Crippen LogP contribution is -2.46. The van der Waals surface area contributed by atoms with E-state index in [2.05, 4.69) is 0 Å². The van der Waals surface area contributed by atoms with Gasteiger partial charge in [-0.1, -0.05) is 0 Å². The molecule has 2 aliphatic heterocycles. The second-order valence-corrected chi connectivity index (χ2v) is 5.05. The zero-order valence-electron chi connectivity index (χ0n) is 10.7. The maximum absolute atomic E-state index is 10.3. The van der Waals surface area contributed by atoms with Gasteiger partial charge in [-0.2, -0.15) is 0 Å². The van der Waals surface area contributed by atoms with Crippen LogP contribution in [0.25, 0.3) is 0 Å². The summed E-state index contributed by atoms with van der Waals surface area (Å²) >= 11 is 0. The highest BCUT2D eigenvalue weighted by Crippen LogP contribution is 2.46. The summed E-state index contributed by atoms with van der Waals surface area (Å²) in [6.07, 6.45) is 0.904. The predicted molar refractivity (Wildman–Crippen MR) is 66.0 cm³/mol. The Morgan fingerprint density at radius 3 is 2.94 bits per heavy atom. The van der Waals surface area contributed by atoms with Crippen molar-refractivity contribution < 1.29 is 19.3 Å². The van der Waals surface area contributed by atoms with E-state index in [-0.39, 0.29) is 11.7 Å². The average Bonchev–Trinajstić information content (AvgIpc) is 2.70. The summed E-state index contributed by atoms with van der Waals surface area (Å²) in [5, 5.41) is 10.3. The van der Waals surface area contributed by atoms with Gasteiger partial charge in [0.1, 0.15) is 17.1 Å². The van der Waals surface area contributed by atoms with E-state index in [0.717, 1.165) is 23.5 Å². The molecule has 0 aliphatic carbocycles. The number of methoxy groups -OCH3 is 1. The van der Waals surface area contributed by atoms with Gasteiger partial charge in [0.25, 0.3) is 0 Å². The first-order valence-corrected chi connectivity index (χ1v) is 6.31. The zero-order valence-corrected chi connectivity index (χ0v) is 10.7. The molecule has 2 aliphatic rings. The van der Waals surface area contributed by atoms with Gasteiger partial charge in [0.2, 0.25) is 0 Å². The number of aliphatic hydroxyl groups excluding tert-OH is 1. The Labute approximate surface area is 106 Å². The van der Waals surface area contributed by atoms with Gasteiger partial charge in [0, 0.05) is 18.4 Å². The molecule has 2 heterocycles. The van der Waals surface area contributed by atoms with Crippen LogP contribution in [-0.4, -0.2) is 30.5 Å². The van der Waals surface area contributed by atoms with E-state index in [9.17, 15) is 5.11 Å². The van der Waals surface area contributed by atoms with Gasteiger partial charge >= 0.3 is 0 Å². The fourth-order valence-corrected chi connectivity index (χ4v) is 2.87. The maximum atomic E-state index is 10.3. The van der Waals surface area contributed by atoms with Crippen LogP contribution in [-0.2, 0) is 4.74 Å². The largest absolute Gasteiger partial charge is 0.497 e. The van der Waals surface area contributed by atoms with Crippen molar-refractivity contribution in [3.63, 3.8) is 0 Å². The Balaban J connectivity index is 1.98. The maximum Gasteiger partial charge on any atom is 0.140 e. The summed E-state index contributed by atoms with van der Waals surface area (Å²) in [6.45, 7) is 2.70. The molecular weight excluding hydrogens is 232 g/mol. The molecule has 0 aromatic heterocycles. The normalized spacial score (nSPS) is 34.2. The van der Waals surface area contributed by atoms with Crippen LogP contribution in [0.2, 0.25) is 0 Å². The smallest absolute Gasteiger partial charge is 0.140 e. The van der Waals surface area contributed by atoms with Crippen LogP contribution in [0.3, 0.4) is 0 Å². The van der Waals surface area contributed by atoms with Crippen LogP contribution in [0, 0.1) is 0 Å². The van der Waals surface area contributed by atoms with Crippen LogP contribution >= 0.6 is 0 Å². The summed E-state index contributed by atoms with van der Waals surface area (Å²) in [7, 11) is 1.62. The van der Waals surface area contributed by atoms with Gasteiger partial charge in [-0.15, -0.1) is 0 Å². The highest BCUT2D eigenvalue weighted by Gasteiger charge is 2.48. The van der Waals surface area contributed by atoms with E-state index in [1.54, 1.807) is 7.11 Å². The van der Waals surface area contributed by atoms with Crippen molar-refractivity contribution in [1.82, 2.24) is 0 Å². The van der Waals surface area contributed by atoms with Crippen molar-refractivity contribution in [1.29, 1.82) is 0 Å². The SMILES string of the molecule is COc1ccc2c(c1)[C@H](O)CC1(CCOC1C)O2. The molecule has 0 radical (unpaired) electrons. The van der Waals surface area contributed by atoms with Gasteiger partial charge in [-0.3, -0.25) is 0 Å². The number of ether oxygens (including phenoxy) is 3. The summed E-state index contributed by atoms with van der Waals surface area (Å²) in [5.74, 6) is 1.48. The molecule has 3 rings (SSSR count). The molecule has 2 unspecified atom stereocenters. The van der Waals surface area contributed by atoms with Gasteiger partial charge in [0.15, 0.2) is 0 Å². The molecular formula is C14H18O4. The number of hydrogen-bond donors (Lipinski definition) is 1. The first kappa shape index (κ1) is 11.8. The van der Waals surface area contributed by atoms with Crippen molar-refractivity contribution in [2.24, 2.45) is 0 Å². The molecule has 1 fully saturated rings. The number of rotatable bonds is 1. The third-order valence-electron chi connectivity index (χ3n) is 4.06. The van der Waals surface area contributed by atoms with Crippen molar-refractivity contribution in [2.75, 3.05) is 13.7 Å². The lowest BCUT2D eigenvalue weighted by atomic mass is 9.84. The van der Waals surface area contributed by atoms with Crippen molar-refractivity contribution in [2.45, 2.75) is 37.6 Å². The first-order valence-electron chi connectivity index (χ1n) is 6.31. The highest BCUT2D eigenvalue weighted by atomic mass is 16.6. The molecule has 0 saturated carbocycles. The summed E-state index contributed by atoms with van der Waals surface area (Å²) in [6, 6.07) is 5.56. The van der Waals surface area contributed by atoms with E-state index >= 15 is 0 Å². The zero-order chi connectivity index (χ0) is 12.8. The minimum Gasteiger partial charge on any atom is -0.497 e. The van der Waals surface area contributed by atoms with Crippen LogP contribution in [0.15, 0.2) is 18.2 Å². The topological polar surface area (TPSA) is 47.9 Å². The quantitative estimate of drug-likeness (QED) is 0.828. The van der Waals surface area contributed by atoms with Crippen LogP contribution in [0.5, 0.6) is 11.5 Å². The minimum atomic E-state index is -0.520. The molecule has 1 aromatic rings. The van der Waals surface area contributed by atoms with E-state index in [1.807, 2.05) is 25.1 Å². The Bertz CT molecular complexity index is 459. The van der Waals surface area contributed by atoms with Crippen molar-refractivity contribution in [3.8, 4) is 11.5 Å². The molecule has 4 nitrogen and oxygen atoms in total. The molecule has 4 heteroatoms. The monoisotopic (exact) mass is 250 g/mol. The summed E-state index contributed by atoms with van der Waals surface area (Å²) < 4.78 is 16.9. The van der Waals surface area contributed by atoms with Crippen molar-refractivity contribution >= 4 is 0 Å². The molecule has 0 amide bonds. The van der Waals surface area contributed by atoms with Crippen LogP contribution in [0.4, 0.5) is 0 Å². The fourth-order valence-electron chi connectivity index (χ4n) is 2.87. The molecule has 98 valence electrons. The average molecular weight is 250 g/mol. The minimum absolute atomic E-state index is 0.0161. The molecule has 3 atom stereocenters. The predicted octanol–water partition coefficient (Wildman–Crippen LogP) is 2.06. The Hall–Kier alpha value is -1.26. The Morgan fingerprint density at radius 1 is 1.44 bits per heavy atom. The standard InChI is InChI=1S/C14H18O4/c1-9-14(5-6-17-9)8-12(15)11-7-10(16-2)3-4-13(11)18-14/h3-4,7,9,12,15H,5-6,8H2,1-2H3/t9?,12-,14?/m1/s1. The Kier molecular flexibility index (Phi) is 2.72. The lowest BCUT2D eigenvalue weighted by Gasteiger charge is -2.40. The van der Waals surface area contributed by atoms with Gasteiger partial charge in [0.05, 0.1) is 25.9 Å². The van der Waals surface area contributed by atoms with E-state index in [4.69, 9.17) is 14.2 Å². The van der Waals surface area contributed by atoms with Gasteiger partial charge in [-0.25, -0.2) is 0 Å². The second kappa shape index (κ2) is 4.14. The summed E-state index contributed by atoms with van der Waals surface area (Å²) in [4.78, 5) is 0. The molecule has 18 heavy (non-hydrogen) atoms. The molecule has 1 N–H and O–H groups in total. The molecule has 1 saturated heterocycles. The number of benzene rings is 1. The second-order valence-electron chi connectivity index (χ2n) is 5.05. The Morgan fingerprint density at radius 2 is 2.28 bits per heavy atom. The first-order chi connectivity index (χ1) is 8.64. The van der Waals surface area contributed by atoms with Gasteiger partial charge in [-0.05, 0) is 25.1 Å². The lowest BCUT2D eigenvalue weighted by molar-refractivity contribution is -0.0566. The molecule has 0 bridgehead atoms. The van der Waals surface area contributed by atoms with E-state index < -0.39 is 6.10 Å². The van der Waals surface area contributed by atoms with E-state index in [0.29, 0.717) is 13.0 Å². The third-order valence-corrected chi connectivity index (χ3v) is 4.06. The van der Waals surface area contributed by atoms with E-state index in [1.165, 1.54) is 0 Å².